The molecule has 2 aromatic rings. The second-order valence-corrected chi connectivity index (χ2v) is 5.77. The summed E-state index contributed by atoms with van der Waals surface area (Å²) in [5, 5.41) is 4.51. The van der Waals surface area contributed by atoms with Crippen LogP contribution in [0.3, 0.4) is 0 Å². The van der Waals surface area contributed by atoms with E-state index in [0.29, 0.717) is 17.8 Å². The Hall–Kier alpha value is -0.940. The maximum atomic E-state index is 5.85. The van der Waals surface area contributed by atoms with Crippen LogP contribution in [0.4, 0.5) is 5.82 Å². The molecular formula is C12H17ClN4S. The van der Waals surface area contributed by atoms with Crippen molar-refractivity contribution in [1.82, 2.24) is 14.3 Å². The summed E-state index contributed by atoms with van der Waals surface area (Å²) in [6.45, 7) is 6.35. The number of anilines is 1. The van der Waals surface area contributed by atoms with E-state index in [9.17, 15) is 0 Å². The van der Waals surface area contributed by atoms with Crippen LogP contribution in [-0.4, -0.2) is 26.3 Å². The van der Waals surface area contributed by atoms with Gasteiger partial charge in [0, 0.05) is 11.9 Å². The summed E-state index contributed by atoms with van der Waals surface area (Å²) in [4.78, 5) is 9.51. The van der Waals surface area contributed by atoms with E-state index in [1.54, 1.807) is 6.33 Å². The molecule has 0 aliphatic carbocycles. The van der Waals surface area contributed by atoms with Crippen molar-refractivity contribution in [3.8, 4) is 0 Å². The molecule has 2 rings (SSSR count). The second-order valence-electron chi connectivity index (χ2n) is 4.64. The first-order valence-corrected chi connectivity index (χ1v) is 7.33. The SMILES string of the molecule is Cc1nsc2ncnc(NC(CCCl)C(C)C)c12. The van der Waals surface area contributed by atoms with Crippen molar-refractivity contribution in [1.29, 1.82) is 0 Å². The molecule has 18 heavy (non-hydrogen) atoms. The number of hydrogen-bond acceptors (Lipinski definition) is 5. The highest BCUT2D eigenvalue weighted by atomic mass is 35.5. The molecule has 1 N–H and O–H groups in total. The average molecular weight is 285 g/mol. The molecule has 0 amide bonds. The first-order valence-electron chi connectivity index (χ1n) is 6.03. The van der Waals surface area contributed by atoms with Crippen LogP contribution < -0.4 is 5.32 Å². The number of hydrogen-bond donors (Lipinski definition) is 1. The number of nitrogens with one attached hydrogen (secondary N) is 1. The first-order chi connectivity index (χ1) is 8.63. The summed E-state index contributed by atoms with van der Waals surface area (Å²) >= 11 is 7.26. The average Bonchev–Trinajstić information content (AvgIpc) is 2.71. The minimum Gasteiger partial charge on any atom is -0.366 e. The fourth-order valence-corrected chi connectivity index (χ4v) is 2.88. The van der Waals surface area contributed by atoms with Gasteiger partial charge in [0.05, 0.1) is 11.1 Å². The molecule has 0 saturated heterocycles. The van der Waals surface area contributed by atoms with Crippen molar-refractivity contribution in [3.05, 3.63) is 12.0 Å². The van der Waals surface area contributed by atoms with Crippen molar-refractivity contribution in [3.63, 3.8) is 0 Å². The molecule has 0 aromatic carbocycles. The Bertz CT molecular complexity index is 526. The molecule has 98 valence electrons. The van der Waals surface area contributed by atoms with Crippen LogP contribution in [0, 0.1) is 12.8 Å². The van der Waals surface area contributed by atoms with E-state index in [4.69, 9.17) is 11.6 Å². The lowest BCUT2D eigenvalue weighted by Crippen LogP contribution is -2.26. The van der Waals surface area contributed by atoms with Gasteiger partial charge in [0.25, 0.3) is 0 Å². The minimum atomic E-state index is 0.319. The normalized spacial score (nSPS) is 13.2. The molecule has 0 aliphatic rings. The zero-order valence-corrected chi connectivity index (χ0v) is 12.3. The summed E-state index contributed by atoms with van der Waals surface area (Å²) in [6.07, 6.45) is 2.50. The maximum absolute atomic E-state index is 5.85. The van der Waals surface area contributed by atoms with E-state index in [1.165, 1.54) is 11.5 Å². The quantitative estimate of drug-likeness (QED) is 0.854. The van der Waals surface area contributed by atoms with Crippen molar-refractivity contribution < 1.29 is 0 Å². The largest absolute Gasteiger partial charge is 0.366 e. The standard InChI is InChI=1S/C12H17ClN4S/c1-7(2)9(4-5-13)16-11-10-8(3)17-18-12(10)15-6-14-11/h6-7,9H,4-5H2,1-3H3,(H,14,15,16). The zero-order chi connectivity index (χ0) is 13.1. The summed E-state index contributed by atoms with van der Waals surface area (Å²) in [5.41, 5.74) is 0.978. The van der Waals surface area contributed by atoms with Crippen LogP contribution >= 0.6 is 23.1 Å². The Balaban J connectivity index is 2.32. The van der Waals surface area contributed by atoms with Gasteiger partial charge < -0.3 is 5.32 Å². The summed E-state index contributed by atoms with van der Waals surface area (Å²) in [6, 6.07) is 0.319. The lowest BCUT2D eigenvalue weighted by molar-refractivity contribution is 0.512. The van der Waals surface area contributed by atoms with Crippen LogP contribution in [0.5, 0.6) is 0 Å². The van der Waals surface area contributed by atoms with Crippen molar-refractivity contribution in [2.75, 3.05) is 11.2 Å². The molecule has 0 saturated carbocycles. The molecule has 2 heterocycles. The Morgan fingerprint density at radius 3 is 2.83 bits per heavy atom. The van der Waals surface area contributed by atoms with Gasteiger partial charge in [-0.15, -0.1) is 11.6 Å². The van der Waals surface area contributed by atoms with Gasteiger partial charge in [-0.2, -0.15) is 4.37 Å². The highest BCUT2D eigenvalue weighted by Gasteiger charge is 2.16. The molecule has 2 aromatic heterocycles. The number of aryl methyl sites for hydroxylation is 1. The topological polar surface area (TPSA) is 50.7 Å². The van der Waals surface area contributed by atoms with Crippen LogP contribution in [0.1, 0.15) is 26.0 Å². The predicted octanol–water partition coefficient (Wildman–Crippen LogP) is 3.46. The van der Waals surface area contributed by atoms with E-state index < -0.39 is 0 Å². The van der Waals surface area contributed by atoms with Gasteiger partial charge in [0.2, 0.25) is 0 Å². The Morgan fingerprint density at radius 2 is 2.17 bits per heavy atom. The van der Waals surface area contributed by atoms with Gasteiger partial charge >= 0.3 is 0 Å². The van der Waals surface area contributed by atoms with Crippen LogP contribution in [0.15, 0.2) is 6.33 Å². The number of alkyl halides is 1. The maximum Gasteiger partial charge on any atom is 0.149 e. The lowest BCUT2D eigenvalue weighted by Gasteiger charge is -2.22. The van der Waals surface area contributed by atoms with Gasteiger partial charge in [-0.25, -0.2) is 9.97 Å². The van der Waals surface area contributed by atoms with Crippen molar-refractivity contribution in [2.24, 2.45) is 5.92 Å². The summed E-state index contributed by atoms with van der Waals surface area (Å²) in [7, 11) is 0. The monoisotopic (exact) mass is 284 g/mol. The minimum absolute atomic E-state index is 0.319. The first kappa shape index (κ1) is 13.5. The third kappa shape index (κ3) is 2.72. The van der Waals surface area contributed by atoms with Gasteiger partial charge in [-0.1, -0.05) is 13.8 Å². The lowest BCUT2D eigenvalue weighted by atomic mass is 10.0. The molecule has 0 spiro atoms. The van der Waals surface area contributed by atoms with Gasteiger partial charge in [-0.05, 0) is 30.8 Å². The van der Waals surface area contributed by atoms with E-state index in [1.807, 2.05) is 6.92 Å². The number of halogens is 1. The molecular weight excluding hydrogens is 268 g/mol. The van der Waals surface area contributed by atoms with Crippen molar-refractivity contribution in [2.45, 2.75) is 33.2 Å². The van der Waals surface area contributed by atoms with Crippen LogP contribution in [0.25, 0.3) is 10.2 Å². The molecule has 0 radical (unpaired) electrons. The van der Waals surface area contributed by atoms with E-state index in [0.717, 1.165) is 28.1 Å². The third-order valence-electron chi connectivity index (χ3n) is 2.99. The van der Waals surface area contributed by atoms with Gasteiger partial charge in [0.1, 0.15) is 17.0 Å². The van der Waals surface area contributed by atoms with Crippen molar-refractivity contribution >= 4 is 39.2 Å². The van der Waals surface area contributed by atoms with Crippen LogP contribution in [-0.2, 0) is 0 Å². The Morgan fingerprint density at radius 1 is 1.39 bits per heavy atom. The van der Waals surface area contributed by atoms with E-state index in [2.05, 4.69) is 33.5 Å². The Kier molecular flexibility index (Phi) is 4.35. The number of rotatable bonds is 5. The predicted molar refractivity (Wildman–Crippen MR) is 77.5 cm³/mol. The second kappa shape index (κ2) is 5.80. The fraction of sp³-hybridized carbons (Fsp3) is 0.583. The molecule has 0 bridgehead atoms. The molecule has 1 atom stereocenters. The van der Waals surface area contributed by atoms with E-state index in [-0.39, 0.29) is 0 Å². The van der Waals surface area contributed by atoms with E-state index >= 15 is 0 Å². The highest BCUT2D eigenvalue weighted by Crippen LogP contribution is 2.27. The molecule has 1 unspecified atom stereocenters. The summed E-state index contributed by atoms with van der Waals surface area (Å²) in [5.74, 6) is 2.01. The molecule has 0 aliphatic heterocycles. The third-order valence-corrected chi connectivity index (χ3v) is 4.06. The van der Waals surface area contributed by atoms with Crippen LogP contribution in [0.2, 0.25) is 0 Å². The molecule has 4 nitrogen and oxygen atoms in total. The number of nitrogens with zero attached hydrogens (tertiary/aromatic N) is 3. The Labute approximate surface area is 116 Å². The fourth-order valence-electron chi connectivity index (χ4n) is 1.90. The summed E-state index contributed by atoms with van der Waals surface area (Å²) < 4.78 is 4.33. The molecule has 0 fully saturated rings. The number of aromatic nitrogens is 3. The smallest absolute Gasteiger partial charge is 0.149 e. The zero-order valence-electron chi connectivity index (χ0n) is 10.8. The highest BCUT2D eigenvalue weighted by molar-refractivity contribution is 7.13. The van der Waals surface area contributed by atoms with Gasteiger partial charge in [0.15, 0.2) is 0 Å². The molecule has 6 heteroatoms. The number of fused-ring (bicyclic) bond motifs is 1. The van der Waals surface area contributed by atoms with Gasteiger partial charge in [-0.3, -0.25) is 0 Å².